The molecule has 39 heavy (non-hydrogen) atoms. The van der Waals surface area contributed by atoms with E-state index in [1.165, 1.54) is 96.3 Å². The molecule has 0 aliphatic carbocycles. The van der Waals surface area contributed by atoms with Gasteiger partial charge in [-0.1, -0.05) is 153 Å². The third-order valence-electron chi connectivity index (χ3n) is 7.33. The van der Waals surface area contributed by atoms with E-state index in [0.29, 0.717) is 6.42 Å². The minimum Gasteiger partial charge on any atom is -0.394 e. The lowest BCUT2D eigenvalue weighted by Gasteiger charge is -2.19. The summed E-state index contributed by atoms with van der Waals surface area (Å²) in [7, 11) is 0. The molecule has 0 rings (SSSR count). The standard InChI is InChI=1S/C35H65NO3/c1-3-5-7-9-11-13-15-16-17-18-19-21-23-25-27-29-31-35(39)36-33(32-37)34(38)30-28-26-24-22-20-14-12-10-8-6-4-2/h8,10,20,22,28,30,33-34,37-38H,3-7,9,11-19,21,23-27,29,31-32H2,1-2H3,(H,36,39)/b10-8+,22-20+,30-28+. The van der Waals surface area contributed by atoms with E-state index in [1.54, 1.807) is 6.08 Å². The lowest BCUT2D eigenvalue weighted by Crippen LogP contribution is -2.45. The topological polar surface area (TPSA) is 69.6 Å². The quantitative estimate of drug-likeness (QED) is 0.0645. The minimum absolute atomic E-state index is 0.0808. The number of rotatable bonds is 29. The smallest absolute Gasteiger partial charge is 0.220 e. The van der Waals surface area contributed by atoms with Crippen molar-refractivity contribution in [1.29, 1.82) is 0 Å². The van der Waals surface area contributed by atoms with Crippen molar-refractivity contribution in [2.24, 2.45) is 0 Å². The molecular formula is C35H65NO3. The summed E-state index contributed by atoms with van der Waals surface area (Å²) in [5, 5.41) is 22.7. The molecule has 3 N–H and O–H groups in total. The second kappa shape index (κ2) is 31.1. The van der Waals surface area contributed by atoms with Crippen LogP contribution in [0.3, 0.4) is 0 Å². The van der Waals surface area contributed by atoms with E-state index in [-0.39, 0.29) is 12.5 Å². The van der Waals surface area contributed by atoms with Gasteiger partial charge in [-0.3, -0.25) is 4.79 Å². The van der Waals surface area contributed by atoms with Crippen LogP contribution in [0.15, 0.2) is 36.5 Å². The molecule has 4 nitrogen and oxygen atoms in total. The summed E-state index contributed by atoms with van der Waals surface area (Å²) >= 11 is 0. The van der Waals surface area contributed by atoms with E-state index in [0.717, 1.165) is 44.9 Å². The summed E-state index contributed by atoms with van der Waals surface area (Å²) in [5.41, 5.74) is 0. The predicted molar refractivity (Wildman–Crippen MR) is 170 cm³/mol. The Kier molecular flexibility index (Phi) is 30.0. The first-order valence-corrected chi connectivity index (χ1v) is 16.7. The summed E-state index contributed by atoms with van der Waals surface area (Å²) in [6.45, 7) is 4.20. The number of carbonyl (C=O) groups is 1. The Labute approximate surface area is 242 Å². The molecular weight excluding hydrogens is 482 g/mol. The second-order valence-electron chi connectivity index (χ2n) is 11.2. The van der Waals surface area contributed by atoms with Gasteiger partial charge < -0.3 is 15.5 Å². The molecule has 2 unspecified atom stereocenters. The number of aliphatic hydroxyl groups excluding tert-OH is 2. The largest absolute Gasteiger partial charge is 0.394 e. The second-order valence-corrected chi connectivity index (χ2v) is 11.2. The molecule has 0 aliphatic rings. The van der Waals surface area contributed by atoms with Gasteiger partial charge in [-0.05, 0) is 38.5 Å². The number of aliphatic hydroxyl groups is 2. The lowest BCUT2D eigenvalue weighted by atomic mass is 10.0. The summed E-state index contributed by atoms with van der Waals surface area (Å²) in [6, 6.07) is -0.639. The Morgan fingerprint density at radius 1 is 0.590 bits per heavy atom. The van der Waals surface area contributed by atoms with Gasteiger partial charge in [-0.25, -0.2) is 0 Å². The van der Waals surface area contributed by atoms with Gasteiger partial charge in [0.1, 0.15) is 0 Å². The van der Waals surface area contributed by atoms with Gasteiger partial charge >= 0.3 is 0 Å². The highest BCUT2D eigenvalue weighted by atomic mass is 16.3. The number of carbonyl (C=O) groups excluding carboxylic acids is 1. The maximum absolute atomic E-state index is 12.3. The van der Waals surface area contributed by atoms with Crippen molar-refractivity contribution in [3.05, 3.63) is 36.5 Å². The van der Waals surface area contributed by atoms with Crippen molar-refractivity contribution in [1.82, 2.24) is 5.32 Å². The fourth-order valence-corrected chi connectivity index (χ4v) is 4.74. The predicted octanol–water partition coefficient (Wildman–Crippen LogP) is 9.51. The highest BCUT2D eigenvalue weighted by molar-refractivity contribution is 5.76. The van der Waals surface area contributed by atoms with Gasteiger partial charge in [0.25, 0.3) is 0 Å². The van der Waals surface area contributed by atoms with Crippen molar-refractivity contribution in [3.8, 4) is 0 Å². The maximum atomic E-state index is 12.3. The van der Waals surface area contributed by atoms with Crippen molar-refractivity contribution in [2.75, 3.05) is 6.61 Å². The third kappa shape index (κ3) is 28.0. The molecule has 0 aliphatic heterocycles. The van der Waals surface area contributed by atoms with Crippen LogP contribution in [0.4, 0.5) is 0 Å². The normalized spacial score (nSPS) is 13.6. The Morgan fingerprint density at radius 3 is 1.44 bits per heavy atom. The van der Waals surface area contributed by atoms with Gasteiger partial charge in [-0.15, -0.1) is 0 Å². The highest BCUT2D eigenvalue weighted by Crippen LogP contribution is 2.14. The van der Waals surface area contributed by atoms with Crippen LogP contribution in [0.1, 0.15) is 162 Å². The van der Waals surface area contributed by atoms with E-state index >= 15 is 0 Å². The molecule has 0 fully saturated rings. The van der Waals surface area contributed by atoms with Crippen molar-refractivity contribution >= 4 is 5.91 Å². The van der Waals surface area contributed by atoms with Gasteiger partial charge in [0.2, 0.25) is 5.91 Å². The lowest BCUT2D eigenvalue weighted by molar-refractivity contribution is -0.123. The van der Waals surface area contributed by atoms with Crippen molar-refractivity contribution < 1.29 is 15.0 Å². The Hall–Kier alpha value is -1.39. The van der Waals surface area contributed by atoms with Crippen LogP contribution < -0.4 is 5.32 Å². The molecule has 228 valence electrons. The fraction of sp³-hybridized carbons (Fsp3) is 0.800. The molecule has 0 heterocycles. The fourth-order valence-electron chi connectivity index (χ4n) is 4.74. The van der Waals surface area contributed by atoms with Crippen LogP contribution in [0.5, 0.6) is 0 Å². The average Bonchev–Trinajstić information content (AvgIpc) is 2.94. The van der Waals surface area contributed by atoms with E-state index in [4.69, 9.17) is 0 Å². The molecule has 4 heteroatoms. The molecule has 0 bridgehead atoms. The molecule has 0 saturated heterocycles. The molecule has 1 amide bonds. The number of hydrogen-bond donors (Lipinski definition) is 3. The molecule has 0 spiro atoms. The Morgan fingerprint density at radius 2 is 1.00 bits per heavy atom. The van der Waals surface area contributed by atoms with E-state index in [2.05, 4.69) is 43.5 Å². The van der Waals surface area contributed by atoms with Crippen molar-refractivity contribution in [2.45, 2.75) is 174 Å². The van der Waals surface area contributed by atoms with Gasteiger partial charge in [0.15, 0.2) is 0 Å². The zero-order valence-electron chi connectivity index (χ0n) is 25.9. The van der Waals surface area contributed by atoms with E-state index in [9.17, 15) is 15.0 Å². The van der Waals surface area contributed by atoms with E-state index in [1.807, 2.05) is 6.08 Å². The first kappa shape index (κ1) is 37.6. The number of hydrogen-bond acceptors (Lipinski definition) is 3. The van der Waals surface area contributed by atoms with Crippen molar-refractivity contribution in [3.63, 3.8) is 0 Å². The molecule has 0 radical (unpaired) electrons. The average molecular weight is 548 g/mol. The zero-order chi connectivity index (χ0) is 28.7. The summed E-state index contributed by atoms with van der Waals surface area (Å²) in [5.74, 6) is -0.0808. The first-order chi connectivity index (χ1) is 19.2. The van der Waals surface area contributed by atoms with Gasteiger partial charge in [0, 0.05) is 6.42 Å². The van der Waals surface area contributed by atoms with Crippen LogP contribution in [0.25, 0.3) is 0 Å². The molecule has 0 aromatic heterocycles. The summed E-state index contributed by atoms with van der Waals surface area (Å²) in [6.07, 6.45) is 39.4. The monoisotopic (exact) mass is 547 g/mol. The van der Waals surface area contributed by atoms with Crippen LogP contribution >= 0.6 is 0 Å². The number of nitrogens with one attached hydrogen (secondary N) is 1. The first-order valence-electron chi connectivity index (χ1n) is 16.7. The number of allylic oxidation sites excluding steroid dienone is 5. The Balaban J connectivity index is 3.67. The molecule has 0 saturated carbocycles. The summed E-state index contributed by atoms with van der Waals surface area (Å²) < 4.78 is 0. The van der Waals surface area contributed by atoms with Crippen LogP contribution in [0, 0.1) is 0 Å². The van der Waals surface area contributed by atoms with Gasteiger partial charge in [-0.2, -0.15) is 0 Å². The van der Waals surface area contributed by atoms with Gasteiger partial charge in [0.05, 0.1) is 18.8 Å². The Bertz CT molecular complexity index is 599. The summed E-state index contributed by atoms with van der Waals surface area (Å²) in [4.78, 5) is 12.3. The highest BCUT2D eigenvalue weighted by Gasteiger charge is 2.17. The maximum Gasteiger partial charge on any atom is 0.220 e. The number of unbranched alkanes of at least 4 members (excludes halogenated alkanes) is 18. The molecule has 2 atom stereocenters. The number of amides is 1. The van der Waals surface area contributed by atoms with E-state index < -0.39 is 12.1 Å². The molecule has 0 aromatic rings. The zero-order valence-corrected chi connectivity index (χ0v) is 25.9. The van der Waals surface area contributed by atoms with Crippen LogP contribution in [0.2, 0.25) is 0 Å². The molecule has 0 aromatic carbocycles. The minimum atomic E-state index is -0.863. The van der Waals surface area contributed by atoms with Crippen LogP contribution in [-0.4, -0.2) is 34.9 Å². The van der Waals surface area contributed by atoms with Crippen LogP contribution in [-0.2, 0) is 4.79 Å². The SMILES string of the molecule is CCC/C=C/CC/C=C/CC/C=C/C(O)C(CO)NC(=O)CCCCCCCCCCCCCCCCCC. The third-order valence-corrected chi connectivity index (χ3v) is 7.33.